The van der Waals surface area contributed by atoms with E-state index >= 15 is 0 Å². The lowest BCUT2D eigenvalue weighted by Crippen LogP contribution is -2.23. The topological polar surface area (TPSA) is 29.3 Å². The van der Waals surface area contributed by atoms with Crippen LogP contribution in [0, 0.1) is 23.4 Å². The number of nitrogens with zero attached hydrogens (tertiary/aromatic N) is 1. The SMILES string of the molecule is Cl.NC[C@@H]1CN(Cc2cc(F)c(F)c(F)c2)C[C@H]1c1ccccc1. The lowest BCUT2D eigenvalue weighted by Gasteiger charge is -2.17. The van der Waals surface area contributed by atoms with Crippen LogP contribution in [-0.2, 0) is 6.54 Å². The molecule has 0 aromatic heterocycles. The van der Waals surface area contributed by atoms with Gasteiger partial charge in [-0.25, -0.2) is 13.2 Å². The molecule has 0 spiro atoms. The van der Waals surface area contributed by atoms with E-state index in [0.717, 1.165) is 25.2 Å². The maximum absolute atomic E-state index is 13.3. The lowest BCUT2D eigenvalue weighted by atomic mass is 9.89. The molecule has 130 valence electrons. The first kappa shape index (κ1) is 18.8. The molecule has 0 bridgehead atoms. The molecule has 0 unspecified atom stereocenters. The van der Waals surface area contributed by atoms with Crippen molar-refractivity contribution < 1.29 is 13.2 Å². The molecule has 0 saturated carbocycles. The predicted molar refractivity (Wildman–Crippen MR) is 90.6 cm³/mol. The molecule has 1 fully saturated rings. The van der Waals surface area contributed by atoms with Gasteiger partial charge in [0.1, 0.15) is 0 Å². The Morgan fingerprint density at radius 2 is 1.62 bits per heavy atom. The average molecular weight is 357 g/mol. The van der Waals surface area contributed by atoms with Crippen molar-refractivity contribution in [1.82, 2.24) is 4.90 Å². The molecule has 2 N–H and O–H groups in total. The molecule has 1 heterocycles. The van der Waals surface area contributed by atoms with Gasteiger partial charge in [0, 0.05) is 25.6 Å². The summed E-state index contributed by atoms with van der Waals surface area (Å²) in [5.74, 6) is -3.11. The maximum Gasteiger partial charge on any atom is 0.194 e. The molecule has 1 saturated heterocycles. The molecular formula is C18H20ClF3N2. The van der Waals surface area contributed by atoms with E-state index in [1.807, 2.05) is 18.2 Å². The Bertz CT molecular complexity index is 658. The molecule has 2 nitrogen and oxygen atoms in total. The van der Waals surface area contributed by atoms with Crippen molar-refractivity contribution in [3.63, 3.8) is 0 Å². The number of nitrogens with two attached hydrogens (primary N) is 1. The molecule has 2 aromatic carbocycles. The van der Waals surface area contributed by atoms with Gasteiger partial charge in [0.2, 0.25) is 0 Å². The minimum absolute atomic E-state index is 0. The molecule has 24 heavy (non-hydrogen) atoms. The highest BCUT2D eigenvalue weighted by Gasteiger charge is 2.32. The van der Waals surface area contributed by atoms with E-state index in [2.05, 4.69) is 17.0 Å². The Labute approximate surface area is 145 Å². The average Bonchev–Trinajstić information content (AvgIpc) is 2.96. The van der Waals surface area contributed by atoms with Crippen molar-refractivity contribution in [1.29, 1.82) is 0 Å². The van der Waals surface area contributed by atoms with Gasteiger partial charge in [-0.1, -0.05) is 30.3 Å². The predicted octanol–water partition coefficient (Wildman–Crippen LogP) is 3.70. The second kappa shape index (κ2) is 8.01. The van der Waals surface area contributed by atoms with Crippen molar-refractivity contribution in [2.75, 3.05) is 19.6 Å². The molecule has 0 aliphatic carbocycles. The molecule has 2 atom stereocenters. The van der Waals surface area contributed by atoms with Crippen LogP contribution in [0.5, 0.6) is 0 Å². The van der Waals surface area contributed by atoms with Crippen LogP contribution < -0.4 is 5.73 Å². The van der Waals surface area contributed by atoms with Crippen molar-refractivity contribution in [3.05, 3.63) is 71.0 Å². The lowest BCUT2D eigenvalue weighted by molar-refractivity contribution is 0.314. The zero-order valence-corrected chi connectivity index (χ0v) is 13.9. The van der Waals surface area contributed by atoms with Crippen LogP contribution in [0.2, 0.25) is 0 Å². The summed E-state index contributed by atoms with van der Waals surface area (Å²) in [6.07, 6.45) is 0. The standard InChI is InChI=1S/C18H19F3N2.ClH/c19-16-6-12(7-17(20)18(16)21)9-23-10-14(8-22)15(11-23)13-4-2-1-3-5-13;/h1-7,14-15H,8-11,22H2;1H/t14-,15+;/m1./s1. The van der Waals surface area contributed by atoms with E-state index < -0.39 is 17.5 Å². The minimum atomic E-state index is -1.42. The Morgan fingerprint density at radius 3 is 2.21 bits per heavy atom. The van der Waals surface area contributed by atoms with Gasteiger partial charge >= 0.3 is 0 Å². The van der Waals surface area contributed by atoms with Crippen molar-refractivity contribution in [2.45, 2.75) is 12.5 Å². The zero-order valence-electron chi connectivity index (χ0n) is 13.1. The molecule has 3 rings (SSSR count). The van der Waals surface area contributed by atoms with E-state index in [4.69, 9.17) is 5.73 Å². The fourth-order valence-electron chi connectivity index (χ4n) is 3.36. The van der Waals surface area contributed by atoms with Crippen molar-refractivity contribution >= 4 is 12.4 Å². The summed E-state index contributed by atoms with van der Waals surface area (Å²) in [4.78, 5) is 2.11. The van der Waals surface area contributed by atoms with Gasteiger partial charge < -0.3 is 5.73 Å². The van der Waals surface area contributed by atoms with Gasteiger partial charge in [-0.3, -0.25) is 4.90 Å². The van der Waals surface area contributed by atoms with E-state index in [1.54, 1.807) is 0 Å². The van der Waals surface area contributed by atoms with Gasteiger partial charge in [-0.05, 0) is 35.7 Å². The normalized spacial score (nSPS) is 20.8. The fraction of sp³-hybridized carbons (Fsp3) is 0.333. The molecule has 1 aliphatic heterocycles. The highest BCUT2D eigenvalue weighted by atomic mass is 35.5. The van der Waals surface area contributed by atoms with Gasteiger partial charge in [-0.2, -0.15) is 0 Å². The smallest absolute Gasteiger partial charge is 0.194 e. The number of rotatable bonds is 4. The number of hydrogen-bond acceptors (Lipinski definition) is 2. The summed E-state index contributed by atoms with van der Waals surface area (Å²) in [7, 11) is 0. The number of halogens is 4. The first-order valence-electron chi connectivity index (χ1n) is 7.69. The van der Waals surface area contributed by atoms with Gasteiger partial charge in [0.05, 0.1) is 0 Å². The Hall–Kier alpha value is -1.56. The highest BCUT2D eigenvalue weighted by molar-refractivity contribution is 5.85. The van der Waals surface area contributed by atoms with Crippen molar-refractivity contribution in [2.24, 2.45) is 11.7 Å². The minimum Gasteiger partial charge on any atom is -0.330 e. The Balaban J connectivity index is 0.00000208. The molecule has 0 amide bonds. The van der Waals surface area contributed by atoms with Crippen LogP contribution in [0.25, 0.3) is 0 Å². The third-order valence-electron chi connectivity index (χ3n) is 4.50. The van der Waals surface area contributed by atoms with Crippen LogP contribution in [0.4, 0.5) is 13.2 Å². The first-order chi connectivity index (χ1) is 11.1. The number of hydrogen-bond donors (Lipinski definition) is 1. The van der Waals surface area contributed by atoms with E-state index in [0.29, 0.717) is 30.5 Å². The second-order valence-electron chi connectivity index (χ2n) is 6.08. The van der Waals surface area contributed by atoms with E-state index in [-0.39, 0.29) is 12.4 Å². The molecule has 6 heteroatoms. The van der Waals surface area contributed by atoms with Crippen LogP contribution in [0.1, 0.15) is 17.0 Å². The van der Waals surface area contributed by atoms with Crippen molar-refractivity contribution in [3.8, 4) is 0 Å². The third kappa shape index (κ3) is 3.91. The van der Waals surface area contributed by atoms with Crippen LogP contribution in [-0.4, -0.2) is 24.5 Å². The third-order valence-corrected chi connectivity index (χ3v) is 4.50. The number of likely N-dealkylation sites (tertiary alicyclic amines) is 1. The summed E-state index contributed by atoms with van der Waals surface area (Å²) in [6, 6.07) is 12.2. The van der Waals surface area contributed by atoms with Crippen LogP contribution in [0.15, 0.2) is 42.5 Å². The monoisotopic (exact) mass is 356 g/mol. The van der Waals surface area contributed by atoms with Gasteiger partial charge in [0.15, 0.2) is 17.5 Å². The van der Waals surface area contributed by atoms with E-state index in [9.17, 15) is 13.2 Å². The maximum atomic E-state index is 13.3. The summed E-state index contributed by atoms with van der Waals surface area (Å²) in [5.41, 5.74) is 7.55. The van der Waals surface area contributed by atoms with Gasteiger partial charge in [0.25, 0.3) is 0 Å². The largest absolute Gasteiger partial charge is 0.330 e. The Morgan fingerprint density at radius 1 is 1.00 bits per heavy atom. The summed E-state index contributed by atoms with van der Waals surface area (Å²) in [5, 5.41) is 0. The first-order valence-corrected chi connectivity index (χ1v) is 7.69. The second-order valence-corrected chi connectivity index (χ2v) is 6.08. The van der Waals surface area contributed by atoms with Crippen LogP contribution >= 0.6 is 12.4 Å². The quantitative estimate of drug-likeness (QED) is 0.846. The molecule has 1 aliphatic rings. The Kier molecular flexibility index (Phi) is 6.27. The summed E-state index contributed by atoms with van der Waals surface area (Å²) >= 11 is 0. The van der Waals surface area contributed by atoms with Gasteiger partial charge in [-0.15, -0.1) is 12.4 Å². The molecular weight excluding hydrogens is 337 g/mol. The summed E-state index contributed by atoms with van der Waals surface area (Å²) in [6.45, 7) is 2.47. The summed E-state index contributed by atoms with van der Waals surface area (Å²) < 4.78 is 39.7. The zero-order chi connectivity index (χ0) is 16.4. The highest BCUT2D eigenvalue weighted by Crippen LogP contribution is 2.33. The number of benzene rings is 2. The molecule has 0 radical (unpaired) electrons. The van der Waals surface area contributed by atoms with E-state index in [1.165, 1.54) is 5.56 Å². The fourth-order valence-corrected chi connectivity index (χ4v) is 3.36. The molecule has 2 aromatic rings. The van der Waals surface area contributed by atoms with Crippen LogP contribution in [0.3, 0.4) is 0 Å².